The van der Waals surface area contributed by atoms with Gasteiger partial charge in [0.15, 0.2) is 0 Å². The van der Waals surface area contributed by atoms with Crippen molar-refractivity contribution in [3.63, 3.8) is 0 Å². The molecule has 2 heterocycles. The summed E-state index contributed by atoms with van der Waals surface area (Å²) in [5.41, 5.74) is 1.42. The Morgan fingerprint density at radius 2 is 2.11 bits per heavy atom. The molecule has 2 N–H and O–H groups in total. The molecule has 0 spiro atoms. The average Bonchev–Trinajstić information content (AvgIpc) is 3.17. The largest absolute Gasteiger partial charge is 0.497 e. The van der Waals surface area contributed by atoms with Crippen molar-refractivity contribution in [1.29, 1.82) is 0 Å². The van der Waals surface area contributed by atoms with Crippen LogP contribution in [0.15, 0.2) is 35.4 Å². The Morgan fingerprint density at radius 1 is 1.32 bits per heavy atom. The van der Waals surface area contributed by atoms with Crippen molar-refractivity contribution in [2.45, 2.75) is 26.4 Å². The first-order valence-corrected chi connectivity index (χ1v) is 9.92. The highest BCUT2D eigenvalue weighted by Crippen LogP contribution is 2.29. The molecule has 9 heteroatoms. The van der Waals surface area contributed by atoms with Gasteiger partial charge in [-0.3, -0.25) is 19.4 Å². The molecule has 0 bridgehead atoms. The van der Waals surface area contributed by atoms with Crippen LogP contribution in [0.5, 0.6) is 5.75 Å². The zero-order chi connectivity index (χ0) is 20.3. The Kier molecular flexibility index (Phi) is 6.25. The summed E-state index contributed by atoms with van der Waals surface area (Å²) in [5.74, 6) is 0.272. The number of carbonyl (C=O) groups is 3. The van der Waals surface area contributed by atoms with Gasteiger partial charge in [-0.2, -0.15) is 0 Å². The van der Waals surface area contributed by atoms with Crippen molar-refractivity contribution in [1.82, 2.24) is 19.8 Å². The fraction of sp³-hybridized carbons (Fsp3) is 0.421. The lowest BCUT2D eigenvalue weighted by Crippen LogP contribution is -2.61. The summed E-state index contributed by atoms with van der Waals surface area (Å²) in [7, 11) is 1.58. The Hall–Kier alpha value is -2.52. The van der Waals surface area contributed by atoms with Gasteiger partial charge >= 0.3 is 6.03 Å². The number of urea groups is 1. The molecule has 1 atom stereocenters. The van der Waals surface area contributed by atoms with Gasteiger partial charge in [0.2, 0.25) is 5.91 Å². The monoisotopic (exact) mass is 404 g/mol. The molecule has 3 rings (SSSR count). The zero-order valence-corrected chi connectivity index (χ0v) is 16.9. The number of fused-ring (bicyclic) bond motifs is 1. The Balaban J connectivity index is 1.67. The lowest BCUT2D eigenvalue weighted by Gasteiger charge is -2.38. The fourth-order valence-corrected chi connectivity index (χ4v) is 3.88. The molecule has 8 nitrogen and oxygen atoms in total. The molecular formula is C19H24N4O4S. The maximum Gasteiger partial charge on any atom is 0.331 e. The van der Waals surface area contributed by atoms with Gasteiger partial charge in [0.1, 0.15) is 18.3 Å². The van der Waals surface area contributed by atoms with E-state index in [0.29, 0.717) is 24.5 Å². The number of hydrogen-bond donors (Lipinski definition) is 2. The third-order valence-corrected chi connectivity index (χ3v) is 5.15. The van der Waals surface area contributed by atoms with E-state index < -0.39 is 12.1 Å². The van der Waals surface area contributed by atoms with Crippen LogP contribution in [0.2, 0.25) is 0 Å². The summed E-state index contributed by atoms with van der Waals surface area (Å²) in [6, 6.07) is 6.34. The molecule has 0 aromatic heterocycles. The number of benzene rings is 1. The van der Waals surface area contributed by atoms with Crippen LogP contribution in [-0.4, -0.2) is 53.9 Å². The summed E-state index contributed by atoms with van der Waals surface area (Å²) in [6.07, 6.45) is 0. The maximum absolute atomic E-state index is 12.9. The van der Waals surface area contributed by atoms with Gasteiger partial charge in [0, 0.05) is 18.5 Å². The van der Waals surface area contributed by atoms with E-state index in [1.54, 1.807) is 12.5 Å². The standard InChI is InChI=1S/C19H24N4O4S/c1-12(2)9-23-18(25)17-15(11-28-21-17)22(19(23)26)10-16(24)20-8-13-5-4-6-14(7-13)27-3/h4-7,11-12,17,21H,8-10H2,1-3H3,(H,20,24). The van der Waals surface area contributed by atoms with E-state index >= 15 is 0 Å². The third-order valence-electron chi connectivity index (χ3n) is 4.42. The van der Waals surface area contributed by atoms with Crippen LogP contribution >= 0.6 is 11.9 Å². The average molecular weight is 404 g/mol. The second kappa shape index (κ2) is 8.66. The second-order valence-corrected chi connectivity index (χ2v) is 7.76. The van der Waals surface area contributed by atoms with Gasteiger partial charge in [-0.25, -0.2) is 9.52 Å². The van der Waals surface area contributed by atoms with E-state index in [9.17, 15) is 14.4 Å². The molecule has 2 aliphatic heterocycles. The van der Waals surface area contributed by atoms with Crippen LogP contribution in [0.1, 0.15) is 19.4 Å². The minimum atomic E-state index is -0.604. The van der Waals surface area contributed by atoms with E-state index in [4.69, 9.17) is 4.74 Å². The molecule has 2 aliphatic rings. The van der Waals surface area contributed by atoms with Gasteiger partial charge in [0.25, 0.3) is 5.91 Å². The molecular weight excluding hydrogens is 380 g/mol. The van der Waals surface area contributed by atoms with Crippen LogP contribution in [0.3, 0.4) is 0 Å². The van der Waals surface area contributed by atoms with Gasteiger partial charge in [-0.05, 0) is 23.6 Å². The van der Waals surface area contributed by atoms with Gasteiger partial charge in [-0.15, -0.1) is 0 Å². The smallest absolute Gasteiger partial charge is 0.331 e. The van der Waals surface area contributed by atoms with Crippen LogP contribution in [0.25, 0.3) is 0 Å². The summed E-state index contributed by atoms with van der Waals surface area (Å²) in [5, 5.41) is 4.53. The van der Waals surface area contributed by atoms with E-state index in [2.05, 4.69) is 10.0 Å². The van der Waals surface area contributed by atoms with Crippen LogP contribution < -0.4 is 14.8 Å². The van der Waals surface area contributed by atoms with Crippen LogP contribution in [-0.2, 0) is 16.1 Å². The number of amides is 4. The lowest BCUT2D eigenvalue weighted by molar-refractivity contribution is -0.133. The normalized spacial score (nSPS) is 19.0. The molecule has 150 valence electrons. The molecule has 28 heavy (non-hydrogen) atoms. The first-order chi connectivity index (χ1) is 13.4. The zero-order valence-electron chi connectivity index (χ0n) is 16.1. The number of hydrogen-bond acceptors (Lipinski definition) is 6. The number of carbonyl (C=O) groups excluding carboxylic acids is 3. The molecule has 1 fully saturated rings. The van der Waals surface area contributed by atoms with E-state index in [-0.39, 0.29) is 24.3 Å². The topological polar surface area (TPSA) is 91.0 Å². The maximum atomic E-state index is 12.9. The summed E-state index contributed by atoms with van der Waals surface area (Å²) < 4.78 is 8.18. The SMILES string of the molecule is COc1cccc(CNC(=O)CN2C(=O)N(CC(C)C)C(=O)C3NSC=C32)c1. The molecule has 1 saturated heterocycles. The Labute approximate surface area is 168 Å². The number of methoxy groups -OCH3 is 1. The van der Waals surface area contributed by atoms with Gasteiger partial charge in [-0.1, -0.05) is 37.9 Å². The first kappa shape index (κ1) is 20.2. The van der Waals surface area contributed by atoms with Crippen LogP contribution in [0.4, 0.5) is 4.79 Å². The summed E-state index contributed by atoms with van der Waals surface area (Å²) in [4.78, 5) is 40.6. The Bertz CT molecular complexity index is 811. The third kappa shape index (κ3) is 4.31. The predicted octanol–water partition coefficient (Wildman–Crippen LogP) is 1.69. The Morgan fingerprint density at radius 3 is 2.82 bits per heavy atom. The van der Waals surface area contributed by atoms with E-state index in [0.717, 1.165) is 5.56 Å². The minimum Gasteiger partial charge on any atom is -0.497 e. The quantitative estimate of drug-likeness (QED) is 0.672. The highest BCUT2D eigenvalue weighted by Gasteiger charge is 2.45. The number of imide groups is 1. The van der Waals surface area contributed by atoms with E-state index in [1.807, 2.05) is 38.1 Å². The van der Waals surface area contributed by atoms with Gasteiger partial charge < -0.3 is 10.1 Å². The molecule has 0 radical (unpaired) electrons. The lowest BCUT2D eigenvalue weighted by atomic mass is 10.1. The molecule has 1 aromatic rings. The van der Waals surface area contributed by atoms with Crippen molar-refractivity contribution in [3.8, 4) is 5.75 Å². The summed E-state index contributed by atoms with van der Waals surface area (Å²) >= 11 is 1.25. The van der Waals surface area contributed by atoms with Crippen molar-refractivity contribution in [2.75, 3.05) is 20.2 Å². The van der Waals surface area contributed by atoms with Crippen molar-refractivity contribution >= 4 is 29.8 Å². The van der Waals surface area contributed by atoms with Crippen molar-refractivity contribution in [2.24, 2.45) is 5.92 Å². The highest BCUT2D eigenvalue weighted by molar-refractivity contribution is 8.00. The molecule has 1 unspecified atom stereocenters. The minimum absolute atomic E-state index is 0.135. The van der Waals surface area contributed by atoms with Crippen molar-refractivity contribution < 1.29 is 19.1 Å². The molecule has 0 aliphatic carbocycles. The number of rotatable bonds is 7. The number of ether oxygens (including phenoxy) is 1. The summed E-state index contributed by atoms with van der Waals surface area (Å²) in [6.45, 7) is 4.37. The van der Waals surface area contributed by atoms with Crippen molar-refractivity contribution in [3.05, 3.63) is 40.9 Å². The van der Waals surface area contributed by atoms with E-state index in [1.165, 1.54) is 21.7 Å². The number of nitrogens with one attached hydrogen (secondary N) is 2. The first-order valence-electron chi connectivity index (χ1n) is 9.04. The molecule has 0 saturated carbocycles. The van der Waals surface area contributed by atoms with Crippen LogP contribution in [0, 0.1) is 5.92 Å². The molecule has 1 aromatic carbocycles. The highest BCUT2D eigenvalue weighted by atomic mass is 32.2. The number of nitrogens with zero attached hydrogens (tertiary/aromatic N) is 2. The van der Waals surface area contributed by atoms with Gasteiger partial charge in [0.05, 0.1) is 12.8 Å². The fourth-order valence-electron chi connectivity index (χ4n) is 3.07. The predicted molar refractivity (Wildman–Crippen MR) is 106 cm³/mol. The second-order valence-electron chi connectivity index (χ2n) is 7.05. The molecule has 4 amide bonds.